The molecule has 0 aliphatic rings. The van der Waals surface area contributed by atoms with E-state index in [1.165, 1.54) is 0 Å². The minimum absolute atomic E-state index is 0. The Hall–Kier alpha value is 0.210. The molecular weight excluding hydrogens is 125 g/mol. The highest BCUT2D eigenvalue weighted by molar-refractivity contribution is 6.51. The van der Waals surface area contributed by atoms with Crippen molar-refractivity contribution in [3.63, 3.8) is 0 Å². The van der Waals surface area contributed by atoms with E-state index in [4.69, 9.17) is 23.2 Å². The van der Waals surface area contributed by atoms with Gasteiger partial charge in [0.25, 0.3) is 0 Å². The van der Waals surface area contributed by atoms with Crippen LogP contribution in [-0.4, -0.2) is 11.1 Å². The summed E-state index contributed by atoms with van der Waals surface area (Å²) in [7, 11) is 0. The molecule has 0 atom stereocenters. The van der Waals surface area contributed by atoms with Gasteiger partial charge in [-0.25, -0.2) is 0 Å². The first-order valence-electron chi connectivity index (χ1n) is 1.01. The molecule has 0 spiro atoms. The number of halogens is 2. The first-order valence-corrected chi connectivity index (χ1v) is 1.88. The average molecular weight is 130 g/mol. The van der Waals surface area contributed by atoms with E-state index in [0.717, 1.165) is 0 Å². The third-order valence-corrected chi connectivity index (χ3v) is 0.309. The minimum atomic E-state index is -0.852. The zero-order valence-electron chi connectivity index (χ0n) is 3.03. The van der Waals surface area contributed by atoms with Gasteiger partial charge in [0.05, 0.1) is 0 Å². The number of hydrogen-bond acceptors (Lipinski definition) is 2. The van der Waals surface area contributed by atoms with Crippen LogP contribution in [0.15, 0.2) is 0 Å². The van der Waals surface area contributed by atoms with Gasteiger partial charge in [-0.1, -0.05) is 23.2 Å². The van der Waals surface area contributed by atoms with E-state index in [0.29, 0.717) is 6.29 Å². The largest absolute Gasteiger partial charge is 0.344 e. The molecule has 0 heterocycles. The lowest BCUT2D eigenvalue weighted by atomic mass is 10.9. The molecule has 0 amide bonds. The van der Waals surface area contributed by atoms with Crippen molar-refractivity contribution < 1.29 is 4.79 Å². The van der Waals surface area contributed by atoms with E-state index in [-0.39, 0.29) is 6.15 Å². The second-order valence-corrected chi connectivity index (χ2v) is 1.63. The average Bonchev–Trinajstić information content (AvgIpc) is 1.38. The fraction of sp³-hybridized carbons (Fsp3) is 0.500. The molecule has 0 radical (unpaired) electrons. The molecule has 0 aromatic heterocycles. The second-order valence-electron chi connectivity index (χ2n) is 0.471. The number of carbonyl (C=O) groups excluding carboxylic acids is 1. The van der Waals surface area contributed by atoms with Gasteiger partial charge >= 0.3 is 0 Å². The molecular formula is C2H5Cl2NO. The highest BCUT2D eigenvalue weighted by Gasteiger charge is 1.86. The Labute approximate surface area is 46.0 Å². The molecule has 0 aliphatic carbocycles. The van der Waals surface area contributed by atoms with Gasteiger partial charge in [-0.2, -0.15) is 0 Å². The van der Waals surface area contributed by atoms with E-state index >= 15 is 0 Å². The number of hydrogen-bond donors (Lipinski definition) is 1. The predicted molar refractivity (Wildman–Crippen MR) is 26.6 cm³/mol. The smallest absolute Gasteiger partial charge is 0.162 e. The van der Waals surface area contributed by atoms with E-state index in [2.05, 4.69) is 0 Å². The Kier molecular flexibility index (Phi) is 8.26. The first-order chi connectivity index (χ1) is 2.27. The van der Waals surface area contributed by atoms with Crippen LogP contribution in [0.3, 0.4) is 0 Å². The van der Waals surface area contributed by atoms with Crippen LogP contribution in [0.5, 0.6) is 0 Å². The lowest BCUT2D eigenvalue weighted by molar-refractivity contribution is -0.106. The zero-order chi connectivity index (χ0) is 4.28. The number of aldehydes is 1. The van der Waals surface area contributed by atoms with Crippen molar-refractivity contribution in [3.05, 3.63) is 0 Å². The van der Waals surface area contributed by atoms with Crippen LogP contribution >= 0.6 is 23.2 Å². The summed E-state index contributed by atoms with van der Waals surface area (Å²) in [6.45, 7) is 0. The summed E-state index contributed by atoms with van der Waals surface area (Å²) >= 11 is 9.72. The van der Waals surface area contributed by atoms with Crippen molar-refractivity contribution in [2.45, 2.75) is 4.84 Å². The van der Waals surface area contributed by atoms with Crippen LogP contribution in [0.4, 0.5) is 0 Å². The molecule has 6 heavy (non-hydrogen) atoms. The molecule has 38 valence electrons. The monoisotopic (exact) mass is 129 g/mol. The van der Waals surface area contributed by atoms with Crippen molar-refractivity contribution in [1.29, 1.82) is 0 Å². The summed E-state index contributed by atoms with van der Waals surface area (Å²) in [5, 5.41) is 0. The molecule has 3 N–H and O–H groups in total. The highest BCUT2D eigenvalue weighted by atomic mass is 35.5. The summed E-state index contributed by atoms with van der Waals surface area (Å²) in [6.07, 6.45) is 0.448. The maximum absolute atomic E-state index is 9.24. The maximum Gasteiger partial charge on any atom is 0.162 e. The fourth-order valence-corrected chi connectivity index (χ4v) is 0. The van der Waals surface area contributed by atoms with Crippen LogP contribution in [0.25, 0.3) is 0 Å². The molecule has 0 bridgehead atoms. The van der Waals surface area contributed by atoms with Crippen LogP contribution in [0, 0.1) is 0 Å². The summed E-state index contributed by atoms with van der Waals surface area (Å²) in [5.74, 6) is 0. The van der Waals surface area contributed by atoms with Crippen molar-refractivity contribution in [2.75, 3.05) is 0 Å². The van der Waals surface area contributed by atoms with E-state index in [1.54, 1.807) is 0 Å². The van der Waals surface area contributed by atoms with Crippen molar-refractivity contribution in [2.24, 2.45) is 0 Å². The van der Waals surface area contributed by atoms with Crippen LogP contribution in [-0.2, 0) is 4.79 Å². The van der Waals surface area contributed by atoms with Crippen molar-refractivity contribution in [3.8, 4) is 0 Å². The molecule has 0 rings (SSSR count). The summed E-state index contributed by atoms with van der Waals surface area (Å²) < 4.78 is 0. The molecule has 0 fully saturated rings. The quantitative estimate of drug-likeness (QED) is 0.427. The van der Waals surface area contributed by atoms with Crippen LogP contribution < -0.4 is 6.15 Å². The van der Waals surface area contributed by atoms with Gasteiger partial charge in [-0.3, -0.25) is 0 Å². The Morgan fingerprint density at radius 1 is 1.50 bits per heavy atom. The third kappa shape index (κ3) is 8.88. The molecule has 0 saturated heterocycles. The van der Waals surface area contributed by atoms with E-state index in [1.807, 2.05) is 0 Å². The third-order valence-electron chi connectivity index (χ3n) is 0.103. The molecule has 0 aliphatic heterocycles. The summed E-state index contributed by atoms with van der Waals surface area (Å²) in [4.78, 5) is 8.39. The summed E-state index contributed by atoms with van der Waals surface area (Å²) in [6, 6.07) is 0. The fourth-order valence-electron chi connectivity index (χ4n) is 0. The van der Waals surface area contributed by atoms with Gasteiger partial charge in [0.2, 0.25) is 0 Å². The van der Waals surface area contributed by atoms with Gasteiger partial charge in [-0.05, 0) is 0 Å². The first kappa shape index (κ1) is 9.51. The lowest BCUT2D eigenvalue weighted by Crippen LogP contribution is -1.81. The molecule has 2 nitrogen and oxygen atoms in total. The van der Waals surface area contributed by atoms with Crippen molar-refractivity contribution in [1.82, 2.24) is 6.15 Å². The van der Waals surface area contributed by atoms with Gasteiger partial charge in [0.15, 0.2) is 11.1 Å². The van der Waals surface area contributed by atoms with Crippen LogP contribution in [0.1, 0.15) is 0 Å². The second kappa shape index (κ2) is 5.21. The lowest BCUT2D eigenvalue weighted by Gasteiger charge is -1.72. The normalized spacial score (nSPS) is 7.17. The SMILES string of the molecule is N.O=CC(Cl)Cl. The molecule has 0 aromatic rings. The van der Waals surface area contributed by atoms with Gasteiger partial charge < -0.3 is 10.9 Å². The summed E-state index contributed by atoms with van der Waals surface area (Å²) in [5.41, 5.74) is 0. The molecule has 4 heteroatoms. The Balaban J connectivity index is 0. The van der Waals surface area contributed by atoms with Gasteiger partial charge in [0, 0.05) is 0 Å². The van der Waals surface area contributed by atoms with E-state index in [9.17, 15) is 4.79 Å². The predicted octanol–water partition coefficient (Wildman–Crippen LogP) is 1.15. The number of carbonyl (C=O) groups is 1. The molecule has 0 aromatic carbocycles. The maximum atomic E-state index is 9.24. The minimum Gasteiger partial charge on any atom is -0.344 e. The Morgan fingerprint density at radius 2 is 1.67 bits per heavy atom. The van der Waals surface area contributed by atoms with Gasteiger partial charge in [-0.15, -0.1) is 0 Å². The Bertz CT molecular complexity index is 38.5. The molecule has 0 saturated carbocycles. The molecule has 0 unspecified atom stereocenters. The van der Waals surface area contributed by atoms with Crippen molar-refractivity contribution >= 4 is 29.5 Å². The Morgan fingerprint density at radius 3 is 1.67 bits per heavy atom. The number of alkyl halides is 2. The number of rotatable bonds is 1. The van der Waals surface area contributed by atoms with E-state index < -0.39 is 4.84 Å². The highest BCUT2D eigenvalue weighted by Crippen LogP contribution is 1.93. The zero-order valence-corrected chi connectivity index (χ0v) is 4.54. The topological polar surface area (TPSA) is 52.1 Å². The van der Waals surface area contributed by atoms with Gasteiger partial charge in [0.1, 0.15) is 0 Å². The van der Waals surface area contributed by atoms with Crippen LogP contribution in [0.2, 0.25) is 0 Å². The standard InChI is InChI=1S/C2H2Cl2O.H3N/c3-2(4)1-5;/h1-2H;1H3.